The molecule has 0 aliphatic rings. The van der Waals surface area contributed by atoms with Gasteiger partial charge in [0.05, 0.1) is 22.7 Å². The second kappa shape index (κ2) is 6.60. The molecule has 0 unspecified atom stereocenters. The molecule has 7 heteroatoms. The van der Waals surface area contributed by atoms with Crippen LogP contribution in [0.5, 0.6) is 0 Å². The van der Waals surface area contributed by atoms with Crippen LogP contribution in [0, 0.1) is 0 Å². The number of carboxylic acid groups (broad SMARTS) is 1. The highest BCUT2D eigenvalue weighted by molar-refractivity contribution is 7.91. The van der Waals surface area contributed by atoms with Crippen LogP contribution < -0.4 is 10.6 Å². The lowest BCUT2D eigenvalue weighted by molar-refractivity contribution is 0.0697. The zero-order chi connectivity index (χ0) is 15.3. The lowest BCUT2D eigenvalue weighted by Crippen LogP contribution is -2.30. The molecule has 0 spiro atoms. The van der Waals surface area contributed by atoms with E-state index in [1.165, 1.54) is 12.1 Å². The number of aromatic carboxylic acids is 1. The number of benzene rings is 1. The summed E-state index contributed by atoms with van der Waals surface area (Å²) in [6.07, 6.45) is 0. The smallest absolute Gasteiger partial charge is 0.335 e. The lowest BCUT2D eigenvalue weighted by atomic mass is 10.1. The van der Waals surface area contributed by atoms with E-state index in [0.29, 0.717) is 24.5 Å². The second-order valence-electron chi connectivity index (χ2n) is 4.39. The van der Waals surface area contributed by atoms with Crippen molar-refractivity contribution in [3.05, 3.63) is 23.8 Å². The van der Waals surface area contributed by atoms with Gasteiger partial charge in [0.2, 0.25) is 0 Å². The van der Waals surface area contributed by atoms with Crippen LogP contribution in [0.1, 0.15) is 24.2 Å². The van der Waals surface area contributed by atoms with E-state index in [0.717, 1.165) is 0 Å². The Bertz CT molecular complexity index is 584. The summed E-state index contributed by atoms with van der Waals surface area (Å²) >= 11 is 0. The van der Waals surface area contributed by atoms with Gasteiger partial charge in [0.1, 0.15) is 0 Å². The fraction of sp³-hybridized carbons (Fsp3) is 0.462. The van der Waals surface area contributed by atoms with E-state index < -0.39 is 15.8 Å². The standard InChI is InChI=1S/C13H20N2O4S/c1-3-15(7-8-20(18,19)4-2)12-6-5-10(13(16)17)9-11(12)14/h5-6,9H,3-4,7-8,14H2,1-2H3,(H,16,17). The topological polar surface area (TPSA) is 101 Å². The average Bonchev–Trinajstić information content (AvgIpc) is 2.40. The first-order valence-electron chi connectivity index (χ1n) is 6.39. The van der Waals surface area contributed by atoms with Gasteiger partial charge >= 0.3 is 5.97 Å². The summed E-state index contributed by atoms with van der Waals surface area (Å²) in [7, 11) is -3.04. The molecule has 0 saturated carbocycles. The van der Waals surface area contributed by atoms with E-state index in [-0.39, 0.29) is 17.1 Å². The summed E-state index contributed by atoms with van der Waals surface area (Å²) in [5.41, 5.74) is 6.96. The van der Waals surface area contributed by atoms with E-state index in [9.17, 15) is 13.2 Å². The van der Waals surface area contributed by atoms with E-state index in [2.05, 4.69) is 0 Å². The number of carboxylic acids is 1. The number of rotatable bonds is 7. The molecule has 1 rings (SSSR count). The minimum atomic E-state index is -3.04. The zero-order valence-electron chi connectivity index (χ0n) is 11.7. The van der Waals surface area contributed by atoms with Crippen LogP contribution in [0.2, 0.25) is 0 Å². The summed E-state index contributed by atoms with van der Waals surface area (Å²) in [6.45, 7) is 4.43. The minimum Gasteiger partial charge on any atom is -0.478 e. The second-order valence-corrected chi connectivity index (χ2v) is 6.87. The number of nitrogens with zero attached hydrogens (tertiary/aromatic N) is 1. The number of anilines is 2. The molecule has 0 heterocycles. The Morgan fingerprint density at radius 3 is 2.45 bits per heavy atom. The number of nitrogen functional groups attached to an aromatic ring is 1. The van der Waals surface area contributed by atoms with E-state index in [1.54, 1.807) is 13.0 Å². The molecule has 1 aromatic rings. The molecule has 0 aliphatic heterocycles. The molecule has 0 bridgehead atoms. The molecule has 3 N–H and O–H groups in total. The Hall–Kier alpha value is -1.76. The van der Waals surface area contributed by atoms with Crippen molar-refractivity contribution in [1.29, 1.82) is 0 Å². The summed E-state index contributed by atoms with van der Waals surface area (Å²) < 4.78 is 23.1. The van der Waals surface area contributed by atoms with Gasteiger partial charge in [0, 0.05) is 18.8 Å². The lowest BCUT2D eigenvalue weighted by Gasteiger charge is -2.24. The van der Waals surface area contributed by atoms with Gasteiger partial charge in [0.15, 0.2) is 9.84 Å². The van der Waals surface area contributed by atoms with Crippen LogP contribution in [0.4, 0.5) is 11.4 Å². The monoisotopic (exact) mass is 300 g/mol. The predicted molar refractivity (Wildman–Crippen MR) is 80.0 cm³/mol. The van der Waals surface area contributed by atoms with Crippen LogP contribution in [0.3, 0.4) is 0 Å². The molecule has 1 aromatic carbocycles. The number of hydrogen-bond donors (Lipinski definition) is 2. The SMILES string of the molecule is CCN(CCS(=O)(=O)CC)c1ccc(C(=O)O)cc1N. The third-order valence-electron chi connectivity index (χ3n) is 3.11. The Kier molecular flexibility index (Phi) is 5.38. The summed E-state index contributed by atoms with van der Waals surface area (Å²) in [5, 5.41) is 8.89. The number of sulfone groups is 1. The normalized spacial score (nSPS) is 11.3. The Morgan fingerprint density at radius 1 is 1.35 bits per heavy atom. The molecule has 0 radical (unpaired) electrons. The van der Waals surface area contributed by atoms with E-state index >= 15 is 0 Å². The highest BCUT2D eigenvalue weighted by Crippen LogP contribution is 2.24. The van der Waals surface area contributed by atoms with Crippen LogP contribution in [-0.2, 0) is 9.84 Å². The van der Waals surface area contributed by atoms with Gasteiger partial charge in [0.25, 0.3) is 0 Å². The molecule has 6 nitrogen and oxygen atoms in total. The molecule has 112 valence electrons. The summed E-state index contributed by atoms with van der Waals surface area (Å²) in [4.78, 5) is 12.7. The molecule has 0 aromatic heterocycles. The third-order valence-corrected chi connectivity index (χ3v) is 4.79. The molecule has 20 heavy (non-hydrogen) atoms. The molecule has 0 saturated heterocycles. The largest absolute Gasteiger partial charge is 0.478 e. The maximum Gasteiger partial charge on any atom is 0.335 e. The van der Waals surface area contributed by atoms with Crippen molar-refractivity contribution in [2.45, 2.75) is 13.8 Å². The first-order valence-corrected chi connectivity index (χ1v) is 8.21. The highest BCUT2D eigenvalue weighted by Gasteiger charge is 2.14. The predicted octanol–water partition coefficient (Wildman–Crippen LogP) is 1.23. The van der Waals surface area contributed by atoms with Crippen molar-refractivity contribution in [2.75, 3.05) is 35.2 Å². The quantitative estimate of drug-likeness (QED) is 0.734. The summed E-state index contributed by atoms with van der Waals surface area (Å²) in [5.74, 6) is -0.880. The van der Waals surface area contributed by atoms with Gasteiger partial charge in [-0.2, -0.15) is 0 Å². The number of carbonyl (C=O) groups is 1. The molecular formula is C13H20N2O4S. The molecule has 0 amide bonds. The third kappa shape index (κ3) is 4.12. The average molecular weight is 300 g/mol. The molecule has 0 aliphatic carbocycles. The van der Waals surface area contributed by atoms with Crippen LogP contribution in [-0.4, -0.2) is 44.1 Å². The van der Waals surface area contributed by atoms with E-state index in [1.807, 2.05) is 11.8 Å². The van der Waals surface area contributed by atoms with Crippen molar-refractivity contribution in [2.24, 2.45) is 0 Å². The fourth-order valence-electron chi connectivity index (χ4n) is 1.82. The number of hydrogen-bond acceptors (Lipinski definition) is 5. The zero-order valence-corrected chi connectivity index (χ0v) is 12.5. The van der Waals surface area contributed by atoms with Crippen molar-refractivity contribution < 1.29 is 18.3 Å². The van der Waals surface area contributed by atoms with Crippen LogP contribution >= 0.6 is 0 Å². The first-order chi connectivity index (χ1) is 9.30. The molecule has 0 fully saturated rings. The van der Waals surface area contributed by atoms with Gasteiger partial charge in [-0.3, -0.25) is 0 Å². The van der Waals surface area contributed by atoms with Crippen molar-refractivity contribution >= 4 is 27.2 Å². The van der Waals surface area contributed by atoms with Crippen LogP contribution in [0.15, 0.2) is 18.2 Å². The van der Waals surface area contributed by atoms with Gasteiger partial charge in [-0.1, -0.05) is 6.92 Å². The maximum atomic E-state index is 11.5. The number of nitrogens with two attached hydrogens (primary N) is 1. The Morgan fingerprint density at radius 2 is 2.00 bits per heavy atom. The highest BCUT2D eigenvalue weighted by atomic mass is 32.2. The van der Waals surface area contributed by atoms with Gasteiger partial charge in [-0.25, -0.2) is 13.2 Å². The van der Waals surface area contributed by atoms with Gasteiger partial charge in [-0.05, 0) is 25.1 Å². The van der Waals surface area contributed by atoms with Gasteiger partial charge in [-0.15, -0.1) is 0 Å². The van der Waals surface area contributed by atoms with Crippen molar-refractivity contribution in [1.82, 2.24) is 0 Å². The van der Waals surface area contributed by atoms with Crippen molar-refractivity contribution in [3.63, 3.8) is 0 Å². The first kappa shape index (κ1) is 16.3. The molecular weight excluding hydrogens is 280 g/mol. The summed E-state index contributed by atoms with van der Waals surface area (Å²) in [6, 6.07) is 4.46. The Labute approximate surface area is 119 Å². The molecule has 0 atom stereocenters. The van der Waals surface area contributed by atoms with Gasteiger partial charge < -0.3 is 15.7 Å². The minimum absolute atomic E-state index is 0.0530. The Balaban J connectivity index is 2.93. The maximum absolute atomic E-state index is 11.5. The van der Waals surface area contributed by atoms with Crippen molar-refractivity contribution in [3.8, 4) is 0 Å². The fourth-order valence-corrected chi connectivity index (χ4v) is 2.61. The van der Waals surface area contributed by atoms with Crippen LogP contribution in [0.25, 0.3) is 0 Å². The van der Waals surface area contributed by atoms with E-state index in [4.69, 9.17) is 10.8 Å².